The maximum atomic E-state index is 11.5. The average molecular weight is 536 g/mol. The van der Waals surface area contributed by atoms with Gasteiger partial charge in [-0.3, -0.25) is 10.1 Å². The van der Waals surface area contributed by atoms with Crippen LogP contribution in [0.4, 0.5) is 4.79 Å². The van der Waals surface area contributed by atoms with Gasteiger partial charge in [-0.1, -0.05) is 57.4 Å². The molecule has 0 aromatic heterocycles. The van der Waals surface area contributed by atoms with Crippen molar-refractivity contribution in [3.05, 3.63) is 24.3 Å². The van der Waals surface area contributed by atoms with Gasteiger partial charge in [0.25, 0.3) is 5.91 Å². The largest absolute Gasteiger partial charge is 0.353 e. The van der Waals surface area contributed by atoms with Gasteiger partial charge in [-0.05, 0) is 103 Å². The maximum absolute atomic E-state index is 11.5. The van der Waals surface area contributed by atoms with Gasteiger partial charge in [-0.25, -0.2) is 4.79 Å². The number of urea groups is 1. The van der Waals surface area contributed by atoms with Gasteiger partial charge in [0.15, 0.2) is 6.29 Å². The summed E-state index contributed by atoms with van der Waals surface area (Å²) >= 11 is 0. The van der Waals surface area contributed by atoms with E-state index in [1.165, 1.54) is 38.5 Å². The number of amides is 3. The Balaban J connectivity index is 2.03. The second kappa shape index (κ2) is 25.6. The summed E-state index contributed by atoms with van der Waals surface area (Å²) in [6.07, 6.45) is 27.7. The highest BCUT2D eigenvalue weighted by molar-refractivity contribution is 6.04. The predicted octanol–water partition coefficient (Wildman–Crippen LogP) is 6.93. The van der Waals surface area contributed by atoms with Crippen LogP contribution in [0.5, 0.6) is 0 Å². The second-order valence-electron chi connectivity index (χ2n) is 10.2. The van der Waals surface area contributed by atoms with Gasteiger partial charge in [0.05, 0.1) is 0 Å². The van der Waals surface area contributed by atoms with Gasteiger partial charge in [-0.15, -0.1) is 0 Å². The first kappa shape index (κ1) is 34.3. The van der Waals surface area contributed by atoms with Crippen LogP contribution in [0.2, 0.25) is 0 Å². The lowest BCUT2D eigenvalue weighted by atomic mass is 10.1. The van der Waals surface area contributed by atoms with Gasteiger partial charge < -0.3 is 20.1 Å². The lowest BCUT2D eigenvalue weighted by Gasteiger charge is -2.19. The molecular formula is C31H57N3O4. The highest BCUT2D eigenvalue weighted by Gasteiger charge is 2.28. The van der Waals surface area contributed by atoms with Crippen LogP contribution in [-0.2, 0) is 14.3 Å². The standard InChI is InChI=1S/C31H57N3O4/c1-3-5-7-9-14-20-26-37-29(38-27-21-15-10-8-6-4-2)23-16-12-11-13-18-24-32-25-19-17-22-28-30(35)34-31(36)33-28/h5-8,28-29,32H,3-4,9-27H2,1-2H3,(H2,33,34,35,36)/b7-5-,8-6-/t28-/m0/s1. The van der Waals surface area contributed by atoms with Crippen molar-refractivity contribution in [2.24, 2.45) is 0 Å². The lowest BCUT2D eigenvalue weighted by Crippen LogP contribution is -2.28. The van der Waals surface area contributed by atoms with Crippen LogP contribution in [0.25, 0.3) is 0 Å². The van der Waals surface area contributed by atoms with Gasteiger partial charge in [0.1, 0.15) is 6.04 Å². The predicted molar refractivity (Wildman–Crippen MR) is 157 cm³/mol. The quantitative estimate of drug-likeness (QED) is 0.0459. The Labute approximate surface area is 233 Å². The van der Waals surface area contributed by atoms with Gasteiger partial charge in [-0.2, -0.15) is 0 Å². The van der Waals surface area contributed by atoms with Gasteiger partial charge >= 0.3 is 6.03 Å². The molecule has 0 aliphatic carbocycles. The van der Waals surface area contributed by atoms with E-state index in [9.17, 15) is 9.59 Å². The lowest BCUT2D eigenvalue weighted by molar-refractivity contribution is -0.147. The van der Waals surface area contributed by atoms with Crippen LogP contribution in [-0.4, -0.2) is 50.6 Å². The topological polar surface area (TPSA) is 88.7 Å². The Bertz CT molecular complexity index is 615. The van der Waals surface area contributed by atoms with Crippen LogP contribution in [0, 0.1) is 0 Å². The molecule has 7 nitrogen and oxygen atoms in total. The fraction of sp³-hybridized carbons (Fsp3) is 0.806. The monoisotopic (exact) mass is 535 g/mol. The van der Waals surface area contributed by atoms with Crippen LogP contribution in [0.3, 0.4) is 0 Å². The molecule has 0 radical (unpaired) electrons. The normalized spacial score (nSPS) is 15.8. The minimum atomic E-state index is -0.370. The molecule has 0 bridgehead atoms. The zero-order valence-corrected chi connectivity index (χ0v) is 24.4. The number of hydrogen-bond donors (Lipinski definition) is 3. The molecule has 0 saturated carbocycles. The van der Waals surface area contributed by atoms with Crippen molar-refractivity contribution in [3.63, 3.8) is 0 Å². The van der Waals surface area contributed by atoms with Gasteiger partial charge in [0, 0.05) is 13.2 Å². The van der Waals surface area contributed by atoms with Crippen LogP contribution < -0.4 is 16.0 Å². The Morgan fingerprint density at radius 2 is 1.32 bits per heavy atom. The van der Waals surface area contributed by atoms with Crippen molar-refractivity contribution >= 4 is 11.9 Å². The molecule has 1 saturated heterocycles. The third-order valence-corrected chi connectivity index (χ3v) is 6.69. The minimum absolute atomic E-state index is 0.0577. The van der Waals surface area contributed by atoms with Crippen molar-refractivity contribution in [2.75, 3.05) is 26.3 Å². The molecule has 0 aromatic rings. The van der Waals surface area contributed by atoms with Gasteiger partial charge in [0.2, 0.25) is 0 Å². The van der Waals surface area contributed by atoms with Crippen molar-refractivity contribution in [1.29, 1.82) is 0 Å². The SMILES string of the molecule is CC/C=C\CCCCOC(CCCCCCCNCCCC[C@@H]1NC(=O)NC1=O)OCCCC/C=C\CC. The maximum Gasteiger partial charge on any atom is 0.322 e. The third-order valence-electron chi connectivity index (χ3n) is 6.69. The smallest absolute Gasteiger partial charge is 0.322 e. The minimum Gasteiger partial charge on any atom is -0.353 e. The number of carbonyl (C=O) groups excluding carboxylic acids is 2. The molecule has 0 unspecified atom stereocenters. The zero-order valence-electron chi connectivity index (χ0n) is 24.4. The summed E-state index contributed by atoms with van der Waals surface area (Å²) in [5, 5.41) is 8.42. The first-order chi connectivity index (χ1) is 18.7. The third kappa shape index (κ3) is 20.3. The van der Waals surface area contributed by atoms with Crippen LogP contribution in [0.1, 0.15) is 123 Å². The van der Waals surface area contributed by atoms with E-state index in [-0.39, 0.29) is 24.3 Å². The van der Waals surface area contributed by atoms with E-state index in [4.69, 9.17) is 9.47 Å². The zero-order chi connectivity index (χ0) is 27.5. The number of rotatable bonds is 27. The summed E-state index contributed by atoms with van der Waals surface area (Å²) in [5.41, 5.74) is 0. The Morgan fingerprint density at radius 3 is 1.89 bits per heavy atom. The molecule has 1 fully saturated rings. The molecule has 7 heteroatoms. The van der Waals surface area contributed by atoms with E-state index in [0.29, 0.717) is 6.42 Å². The van der Waals surface area contributed by atoms with Crippen LogP contribution in [0.15, 0.2) is 24.3 Å². The van der Waals surface area contributed by atoms with E-state index in [2.05, 4.69) is 54.1 Å². The number of unbranched alkanes of at least 4 members (excludes halogenated alkanes) is 9. The fourth-order valence-electron chi connectivity index (χ4n) is 4.42. The van der Waals surface area contributed by atoms with E-state index in [1.54, 1.807) is 0 Å². The first-order valence-corrected chi connectivity index (χ1v) is 15.5. The van der Waals surface area contributed by atoms with Crippen molar-refractivity contribution < 1.29 is 19.1 Å². The highest BCUT2D eigenvalue weighted by atomic mass is 16.7. The van der Waals surface area contributed by atoms with Crippen molar-refractivity contribution in [1.82, 2.24) is 16.0 Å². The van der Waals surface area contributed by atoms with Crippen molar-refractivity contribution in [3.8, 4) is 0 Å². The summed E-state index contributed by atoms with van der Waals surface area (Å²) in [6.45, 7) is 7.92. The van der Waals surface area contributed by atoms with E-state index in [1.807, 2.05) is 0 Å². The Kier molecular flexibility index (Phi) is 23.1. The summed E-state index contributed by atoms with van der Waals surface area (Å²) in [6, 6.07) is -0.718. The molecule has 3 N–H and O–H groups in total. The average Bonchev–Trinajstić information content (AvgIpc) is 3.23. The van der Waals surface area contributed by atoms with E-state index < -0.39 is 0 Å². The summed E-state index contributed by atoms with van der Waals surface area (Å²) in [4.78, 5) is 22.6. The Hall–Kier alpha value is -1.70. The number of allylic oxidation sites excluding steroid dienone is 4. The molecule has 1 aliphatic rings. The molecule has 0 spiro atoms. The number of carbonyl (C=O) groups is 2. The van der Waals surface area contributed by atoms with Crippen LogP contribution >= 0.6 is 0 Å². The second-order valence-corrected chi connectivity index (χ2v) is 10.2. The molecule has 1 atom stereocenters. The molecule has 0 aromatic carbocycles. The molecular weight excluding hydrogens is 478 g/mol. The molecule has 1 aliphatic heterocycles. The van der Waals surface area contributed by atoms with E-state index >= 15 is 0 Å². The summed E-state index contributed by atoms with van der Waals surface area (Å²) in [7, 11) is 0. The molecule has 3 amide bonds. The highest BCUT2D eigenvalue weighted by Crippen LogP contribution is 2.13. The first-order valence-electron chi connectivity index (χ1n) is 15.5. The van der Waals surface area contributed by atoms with Crippen molar-refractivity contribution in [2.45, 2.75) is 135 Å². The molecule has 1 rings (SSSR count). The summed E-state index contributed by atoms with van der Waals surface area (Å²) in [5.74, 6) is -0.196. The number of hydrogen-bond acceptors (Lipinski definition) is 5. The fourth-order valence-corrected chi connectivity index (χ4v) is 4.42. The number of ether oxygens (including phenoxy) is 2. The molecule has 1 heterocycles. The van der Waals surface area contributed by atoms with E-state index in [0.717, 1.165) is 90.5 Å². The number of nitrogens with one attached hydrogen (secondary N) is 3. The Morgan fingerprint density at radius 1 is 0.737 bits per heavy atom. The molecule has 220 valence electrons. The summed E-state index contributed by atoms with van der Waals surface area (Å²) < 4.78 is 12.2. The number of imide groups is 1. The molecule has 38 heavy (non-hydrogen) atoms.